The summed E-state index contributed by atoms with van der Waals surface area (Å²) in [5.41, 5.74) is 11.8. The minimum absolute atomic E-state index is 0.248. The monoisotopic (exact) mass is 673 g/mol. The highest BCUT2D eigenvalue weighted by Gasteiger charge is 2.16. The van der Waals surface area contributed by atoms with Crippen LogP contribution in [0.4, 0.5) is 0 Å². The average Bonchev–Trinajstić information content (AvgIpc) is 3.38. The molecular weight excluding hydrogens is 631 g/mol. The van der Waals surface area contributed by atoms with Gasteiger partial charge in [-0.1, -0.05) is 134 Å². The van der Waals surface area contributed by atoms with E-state index in [-0.39, 0.29) is 5.92 Å². The van der Waals surface area contributed by atoms with Crippen molar-refractivity contribution >= 4 is 27.6 Å². The van der Waals surface area contributed by atoms with Crippen molar-refractivity contribution < 1.29 is 0 Å². The molecule has 254 valence electrons. The topological polar surface area (TPSA) is 38.7 Å². The van der Waals surface area contributed by atoms with Gasteiger partial charge in [-0.3, -0.25) is 4.98 Å². The molecule has 0 spiro atoms. The summed E-state index contributed by atoms with van der Waals surface area (Å²) in [6, 6.07) is 40.9. The van der Waals surface area contributed by atoms with Crippen LogP contribution in [0, 0.1) is 13.8 Å². The largest absolute Gasteiger partial charge is 0.256 e. The van der Waals surface area contributed by atoms with Gasteiger partial charge in [0.25, 0.3) is 0 Å². The highest BCUT2D eigenvalue weighted by atomic mass is 14.9. The molecule has 1 unspecified atom stereocenters. The van der Waals surface area contributed by atoms with Crippen LogP contribution in [0.1, 0.15) is 47.5 Å². The van der Waals surface area contributed by atoms with Crippen LogP contribution in [-0.2, 0) is 6.42 Å². The molecular formula is C49H43N3. The van der Waals surface area contributed by atoms with Gasteiger partial charge in [-0.05, 0) is 106 Å². The van der Waals surface area contributed by atoms with Gasteiger partial charge >= 0.3 is 0 Å². The Labute approximate surface area is 307 Å². The van der Waals surface area contributed by atoms with Crippen LogP contribution >= 0.6 is 0 Å². The first-order chi connectivity index (χ1) is 25.5. The predicted molar refractivity (Wildman–Crippen MR) is 221 cm³/mol. The fraction of sp³-hybridized carbons (Fsp3) is 0.122. The Balaban J connectivity index is 0.000000171. The summed E-state index contributed by atoms with van der Waals surface area (Å²) in [5, 5.41) is 5.39. The molecule has 2 aromatic heterocycles. The Morgan fingerprint density at radius 3 is 2.31 bits per heavy atom. The van der Waals surface area contributed by atoms with E-state index in [1.807, 2.05) is 55.6 Å². The van der Waals surface area contributed by atoms with Crippen LogP contribution in [0.5, 0.6) is 0 Å². The van der Waals surface area contributed by atoms with Gasteiger partial charge in [0.2, 0.25) is 0 Å². The van der Waals surface area contributed by atoms with Crippen LogP contribution in [0.2, 0.25) is 0 Å². The first kappa shape index (κ1) is 34.3. The number of nitrogens with zero attached hydrogens (tertiary/aromatic N) is 3. The third-order valence-electron chi connectivity index (χ3n) is 9.47. The van der Waals surface area contributed by atoms with Crippen molar-refractivity contribution in [2.45, 2.75) is 39.5 Å². The maximum absolute atomic E-state index is 4.57. The smallest absolute Gasteiger partial charge is 0.126 e. The van der Waals surface area contributed by atoms with Gasteiger partial charge in [0.15, 0.2) is 0 Å². The molecule has 3 heteroatoms. The highest BCUT2D eigenvalue weighted by Crippen LogP contribution is 2.40. The molecule has 3 nitrogen and oxygen atoms in total. The van der Waals surface area contributed by atoms with Crippen molar-refractivity contribution in [3.8, 4) is 33.6 Å². The Morgan fingerprint density at radius 2 is 1.50 bits per heavy atom. The Morgan fingerprint density at radius 1 is 0.712 bits per heavy atom. The number of aromatic nitrogens is 3. The molecule has 5 aromatic carbocycles. The van der Waals surface area contributed by atoms with Crippen LogP contribution in [0.25, 0.3) is 61.3 Å². The molecule has 1 atom stereocenters. The standard InChI is InChI=1S/C29H21N.C20H22N2/c1-19-16-23(18-24(17-19)27-10-2-3-15-30-27)25-14-13-22-12-11-21-7-4-6-20-8-5-9-26(25)29(22)28(20)21;1-4-5-6-7-9-12-16(2)19-15-20(22-17(3)21-19)18-13-10-8-11-14-18/h2-7,9-18H,8H2,1H3;4,6-16H,1,5H2,2-3H3/b;7-6-,12-9-. The second-order valence-electron chi connectivity index (χ2n) is 13.3. The molecule has 0 N–H and O–H groups in total. The maximum Gasteiger partial charge on any atom is 0.126 e. The van der Waals surface area contributed by atoms with Gasteiger partial charge in [0.1, 0.15) is 5.82 Å². The van der Waals surface area contributed by atoms with E-state index < -0.39 is 0 Å². The minimum Gasteiger partial charge on any atom is -0.256 e. The van der Waals surface area contributed by atoms with Crippen molar-refractivity contribution in [2.75, 3.05) is 0 Å². The van der Waals surface area contributed by atoms with E-state index in [2.05, 4.69) is 151 Å². The number of aryl methyl sites for hydroxylation is 2. The summed E-state index contributed by atoms with van der Waals surface area (Å²) in [6.07, 6.45) is 18.6. The second kappa shape index (κ2) is 15.8. The lowest BCUT2D eigenvalue weighted by Crippen LogP contribution is -2.00. The molecule has 7 aromatic rings. The van der Waals surface area contributed by atoms with Gasteiger partial charge in [0.05, 0.1) is 17.1 Å². The van der Waals surface area contributed by atoms with Crippen LogP contribution < -0.4 is 0 Å². The number of benzene rings is 5. The molecule has 0 saturated heterocycles. The van der Waals surface area contributed by atoms with Gasteiger partial charge < -0.3 is 0 Å². The molecule has 0 bridgehead atoms. The second-order valence-corrected chi connectivity index (χ2v) is 13.3. The quantitative estimate of drug-likeness (QED) is 0.0915. The number of allylic oxidation sites excluding steroid dienone is 6. The molecule has 0 amide bonds. The van der Waals surface area contributed by atoms with Gasteiger partial charge in [-0.2, -0.15) is 0 Å². The van der Waals surface area contributed by atoms with E-state index in [0.29, 0.717) is 0 Å². The summed E-state index contributed by atoms with van der Waals surface area (Å²) >= 11 is 0. The van der Waals surface area contributed by atoms with Crippen molar-refractivity contribution in [3.63, 3.8) is 0 Å². The third-order valence-corrected chi connectivity index (χ3v) is 9.47. The van der Waals surface area contributed by atoms with Gasteiger partial charge in [0, 0.05) is 23.2 Å². The summed E-state index contributed by atoms with van der Waals surface area (Å²) in [7, 11) is 0. The third kappa shape index (κ3) is 7.60. The SMILES string of the molecule is C=CC/C=C\C=C/C(C)c1cc(-c2ccccc2)nc(C)n1.Cc1cc(-c2ccccn2)cc(-c2ccc3ccc4cccc5c4c3c2C=CC5)c1. The summed E-state index contributed by atoms with van der Waals surface area (Å²) in [5.74, 6) is 1.05. The highest BCUT2D eigenvalue weighted by molar-refractivity contribution is 6.15. The Bertz CT molecular complexity index is 2450. The molecule has 1 aliphatic rings. The van der Waals surface area contributed by atoms with Gasteiger partial charge in [-0.15, -0.1) is 6.58 Å². The van der Waals surface area contributed by atoms with Crippen LogP contribution in [-0.4, -0.2) is 15.0 Å². The molecule has 8 rings (SSSR count). The Kier molecular flexibility index (Phi) is 10.4. The van der Waals surface area contributed by atoms with Crippen molar-refractivity contribution in [3.05, 3.63) is 193 Å². The van der Waals surface area contributed by atoms with Crippen LogP contribution in [0.3, 0.4) is 0 Å². The van der Waals surface area contributed by atoms with E-state index in [9.17, 15) is 0 Å². The molecule has 2 heterocycles. The lowest BCUT2D eigenvalue weighted by atomic mass is 9.89. The molecule has 1 aliphatic carbocycles. The first-order valence-electron chi connectivity index (χ1n) is 18.0. The molecule has 0 radical (unpaired) electrons. The van der Waals surface area contributed by atoms with Crippen molar-refractivity contribution in [2.24, 2.45) is 0 Å². The lowest BCUT2D eigenvalue weighted by Gasteiger charge is -2.15. The van der Waals surface area contributed by atoms with Crippen molar-refractivity contribution in [1.82, 2.24) is 15.0 Å². The summed E-state index contributed by atoms with van der Waals surface area (Å²) in [4.78, 5) is 13.7. The number of hydrogen-bond donors (Lipinski definition) is 0. The molecule has 0 saturated carbocycles. The number of hydrogen-bond acceptors (Lipinski definition) is 3. The zero-order chi connectivity index (χ0) is 35.9. The zero-order valence-corrected chi connectivity index (χ0v) is 30.1. The van der Waals surface area contributed by atoms with E-state index in [0.717, 1.165) is 46.9 Å². The van der Waals surface area contributed by atoms with E-state index in [1.165, 1.54) is 49.4 Å². The van der Waals surface area contributed by atoms with E-state index >= 15 is 0 Å². The molecule has 52 heavy (non-hydrogen) atoms. The molecule has 0 fully saturated rings. The zero-order valence-electron chi connectivity index (χ0n) is 30.1. The first-order valence-corrected chi connectivity index (χ1v) is 18.0. The average molecular weight is 674 g/mol. The summed E-state index contributed by atoms with van der Waals surface area (Å²) < 4.78 is 0. The number of pyridine rings is 1. The summed E-state index contributed by atoms with van der Waals surface area (Å²) in [6.45, 7) is 9.95. The predicted octanol–water partition coefficient (Wildman–Crippen LogP) is 12.8. The van der Waals surface area contributed by atoms with E-state index in [4.69, 9.17) is 0 Å². The van der Waals surface area contributed by atoms with Crippen molar-refractivity contribution in [1.29, 1.82) is 0 Å². The van der Waals surface area contributed by atoms with E-state index in [1.54, 1.807) is 0 Å². The molecule has 0 aliphatic heterocycles. The normalized spacial score (nSPS) is 12.7. The van der Waals surface area contributed by atoms with Gasteiger partial charge in [-0.25, -0.2) is 9.97 Å². The maximum atomic E-state index is 4.57. The fourth-order valence-corrected chi connectivity index (χ4v) is 6.98. The minimum atomic E-state index is 0.248. The van der Waals surface area contributed by atoms with Crippen LogP contribution in [0.15, 0.2) is 164 Å². The number of rotatable bonds is 8. The Hall–Kier alpha value is -6.19. The lowest BCUT2D eigenvalue weighted by molar-refractivity contribution is 0.871. The fourth-order valence-electron chi connectivity index (χ4n) is 6.98.